The molecule has 2 heterocycles. The zero-order chi connectivity index (χ0) is 20.5. The van der Waals surface area contributed by atoms with Crippen LogP contribution in [0, 0.1) is 0 Å². The second kappa shape index (κ2) is 7.88. The van der Waals surface area contributed by atoms with Gasteiger partial charge in [-0.2, -0.15) is 4.31 Å². The molecule has 28 heavy (non-hydrogen) atoms. The van der Waals surface area contributed by atoms with Crippen LogP contribution in [0.25, 0.3) is 11.0 Å². The Morgan fingerprint density at radius 2 is 1.96 bits per heavy atom. The van der Waals surface area contributed by atoms with Crippen LogP contribution >= 0.6 is 0 Å². The fraction of sp³-hybridized carbons (Fsp3) is 0.500. The Hall–Kier alpha value is -2.46. The minimum absolute atomic E-state index is 0.147. The average molecular weight is 407 g/mol. The number of carbonyl (C=O) groups excluding carboxylic acids is 2. The highest BCUT2D eigenvalue weighted by Crippen LogP contribution is 2.25. The average Bonchev–Trinajstić information content (AvgIpc) is 3.28. The third-order valence-electron chi connectivity index (χ3n) is 5.03. The van der Waals surface area contributed by atoms with Crippen molar-refractivity contribution in [3.8, 4) is 0 Å². The van der Waals surface area contributed by atoms with Crippen LogP contribution in [0.1, 0.15) is 32.0 Å². The number of aryl methyl sites for hydroxylation is 2. The normalized spacial score (nSPS) is 16.4. The van der Waals surface area contributed by atoms with Crippen molar-refractivity contribution in [1.82, 2.24) is 19.2 Å². The molecule has 1 fully saturated rings. The number of fused-ring (bicyclic) bond motifs is 1. The van der Waals surface area contributed by atoms with Crippen molar-refractivity contribution in [3.05, 3.63) is 24.0 Å². The molecule has 1 saturated heterocycles. The van der Waals surface area contributed by atoms with Crippen molar-refractivity contribution >= 4 is 32.9 Å². The number of nitrogens with zero attached hydrogens (tertiary/aromatic N) is 3. The van der Waals surface area contributed by atoms with E-state index in [4.69, 9.17) is 5.73 Å². The molecule has 152 valence electrons. The van der Waals surface area contributed by atoms with Gasteiger partial charge in [0.2, 0.25) is 21.8 Å². The van der Waals surface area contributed by atoms with Crippen LogP contribution in [0.4, 0.5) is 0 Å². The van der Waals surface area contributed by atoms with Gasteiger partial charge in [0, 0.05) is 33.0 Å². The molecule has 1 aromatic heterocycles. The zero-order valence-electron chi connectivity index (χ0n) is 16.0. The number of amides is 2. The highest BCUT2D eigenvalue weighted by molar-refractivity contribution is 7.89. The zero-order valence-corrected chi connectivity index (χ0v) is 16.8. The van der Waals surface area contributed by atoms with Gasteiger partial charge < -0.3 is 15.6 Å². The summed E-state index contributed by atoms with van der Waals surface area (Å²) in [4.78, 5) is 27.7. The van der Waals surface area contributed by atoms with Gasteiger partial charge >= 0.3 is 0 Å². The first kappa shape index (κ1) is 20.3. The summed E-state index contributed by atoms with van der Waals surface area (Å²) in [6, 6.07) is 4.19. The fourth-order valence-electron chi connectivity index (χ4n) is 3.30. The van der Waals surface area contributed by atoms with Gasteiger partial charge in [-0.1, -0.05) is 0 Å². The minimum atomic E-state index is -3.50. The van der Waals surface area contributed by atoms with E-state index < -0.39 is 22.0 Å². The first-order valence-corrected chi connectivity index (χ1v) is 10.7. The van der Waals surface area contributed by atoms with E-state index in [0.717, 1.165) is 18.4 Å². The lowest BCUT2D eigenvalue weighted by Gasteiger charge is -2.15. The molecule has 9 nitrogen and oxygen atoms in total. The molecule has 2 aromatic rings. The number of sulfonamides is 1. The number of nitrogens with one attached hydrogen (secondary N) is 1. The lowest BCUT2D eigenvalue weighted by Crippen LogP contribution is -2.42. The number of hydrogen-bond acceptors (Lipinski definition) is 5. The van der Waals surface area contributed by atoms with E-state index in [0.29, 0.717) is 30.9 Å². The summed E-state index contributed by atoms with van der Waals surface area (Å²) >= 11 is 0. The molecule has 3 rings (SSSR count). The van der Waals surface area contributed by atoms with E-state index in [1.165, 1.54) is 11.2 Å². The molecule has 0 spiro atoms. The number of primary amides is 1. The predicted molar refractivity (Wildman–Crippen MR) is 104 cm³/mol. The largest absolute Gasteiger partial charge is 0.368 e. The number of aromatic nitrogens is 2. The number of rotatable bonds is 7. The van der Waals surface area contributed by atoms with Gasteiger partial charge in [-0.3, -0.25) is 9.59 Å². The highest BCUT2D eigenvalue weighted by Gasteiger charge is 2.27. The molecule has 0 saturated carbocycles. The maximum Gasteiger partial charge on any atom is 0.243 e. The molecule has 0 aliphatic carbocycles. The lowest BCUT2D eigenvalue weighted by atomic mass is 10.2. The number of imidazole rings is 1. The van der Waals surface area contributed by atoms with E-state index >= 15 is 0 Å². The van der Waals surface area contributed by atoms with Crippen LogP contribution in [0.15, 0.2) is 23.1 Å². The maximum absolute atomic E-state index is 12.7. The second-order valence-electron chi connectivity index (χ2n) is 7.04. The van der Waals surface area contributed by atoms with E-state index in [9.17, 15) is 18.0 Å². The molecule has 0 unspecified atom stereocenters. The van der Waals surface area contributed by atoms with Gasteiger partial charge in [0.05, 0.1) is 15.9 Å². The smallest absolute Gasteiger partial charge is 0.243 e. The molecule has 0 radical (unpaired) electrons. The van der Waals surface area contributed by atoms with E-state index in [-0.39, 0.29) is 17.2 Å². The molecular formula is C18H25N5O4S. The third kappa shape index (κ3) is 4.02. The Morgan fingerprint density at radius 1 is 1.29 bits per heavy atom. The van der Waals surface area contributed by atoms with Gasteiger partial charge in [0.1, 0.15) is 11.9 Å². The van der Waals surface area contributed by atoms with Gasteiger partial charge in [0.15, 0.2) is 0 Å². The van der Waals surface area contributed by atoms with Gasteiger partial charge in [0.25, 0.3) is 0 Å². The Labute approximate surface area is 163 Å². The van der Waals surface area contributed by atoms with Crippen molar-refractivity contribution in [2.75, 3.05) is 13.1 Å². The first-order chi connectivity index (χ1) is 13.2. The topological polar surface area (TPSA) is 127 Å². The summed E-state index contributed by atoms with van der Waals surface area (Å²) in [6.45, 7) is 2.62. The fourth-order valence-corrected chi connectivity index (χ4v) is 4.84. The van der Waals surface area contributed by atoms with Crippen LogP contribution < -0.4 is 11.1 Å². The Bertz CT molecular complexity index is 1010. The summed E-state index contributed by atoms with van der Waals surface area (Å²) in [5.74, 6) is -0.230. The standard InChI is InChI=1S/C18H25N5O4S/c1-12(18(19)25)20-17(24)8-7-16-21-14-11-13(5-6-15(14)22(16)2)28(26,27)23-9-3-4-10-23/h5-6,11-12H,3-4,7-10H2,1-2H3,(H2,19,25)(H,20,24)/t12-/m0/s1. The summed E-state index contributed by atoms with van der Waals surface area (Å²) in [5, 5.41) is 2.53. The monoisotopic (exact) mass is 407 g/mol. The van der Waals surface area contributed by atoms with Crippen molar-refractivity contribution < 1.29 is 18.0 Å². The Balaban J connectivity index is 1.77. The number of carbonyl (C=O) groups is 2. The van der Waals surface area contributed by atoms with Crippen molar-refractivity contribution in [1.29, 1.82) is 0 Å². The molecule has 1 aromatic carbocycles. The third-order valence-corrected chi connectivity index (χ3v) is 6.92. The summed E-state index contributed by atoms with van der Waals surface area (Å²) in [5.41, 5.74) is 6.50. The number of nitrogens with two attached hydrogens (primary N) is 1. The molecule has 0 bridgehead atoms. The predicted octanol–water partition coefficient (Wildman–Crippen LogP) is 0.280. The van der Waals surface area contributed by atoms with Crippen LogP contribution in [0.5, 0.6) is 0 Å². The molecular weight excluding hydrogens is 382 g/mol. The summed E-state index contributed by atoms with van der Waals surface area (Å²) in [6.07, 6.45) is 2.27. The Morgan fingerprint density at radius 3 is 2.61 bits per heavy atom. The first-order valence-electron chi connectivity index (χ1n) is 9.24. The quantitative estimate of drug-likeness (QED) is 0.681. The van der Waals surface area contributed by atoms with Gasteiger partial charge in [-0.15, -0.1) is 0 Å². The lowest BCUT2D eigenvalue weighted by molar-refractivity contribution is -0.126. The second-order valence-corrected chi connectivity index (χ2v) is 8.98. The molecule has 1 aliphatic rings. The van der Waals surface area contributed by atoms with Crippen molar-refractivity contribution in [2.45, 2.75) is 43.5 Å². The summed E-state index contributed by atoms with van der Waals surface area (Å²) in [7, 11) is -1.68. The van der Waals surface area contributed by atoms with Gasteiger partial charge in [-0.25, -0.2) is 13.4 Å². The van der Waals surface area contributed by atoms with Gasteiger partial charge in [-0.05, 0) is 38.0 Å². The van der Waals surface area contributed by atoms with E-state index in [2.05, 4.69) is 10.3 Å². The van der Waals surface area contributed by atoms with Crippen LogP contribution in [-0.4, -0.2) is 53.2 Å². The minimum Gasteiger partial charge on any atom is -0.368 e. The summed E-state index contributed by atoms with van der Waals surface area (Å²) < 4.78 is 28.8. The number of benzene rings is 1. The van der Waals surface area contributed by atoms with Crippen LogP contribution in [0.2, 0.25) is 0 Å². The maximum atomic E-state index is 12.7. The van der Waals surface area contributed by atoms with Crippen LogP contribution in [0.3, 0.4) is 0 Å². The van der Waals surface area contributed by atoms with Crippen molar-refractivity contribution in [3.63, 3.8) is 0 Å². The highest BCUT2D eigenvalue weighted by atomic mass is 32.2. The molecule has 2 amide bonds. The van der Waals surface area contributed by atoms with E-state index in [1.54, 1.807) is 18.2 Å². The molecule has 1 atom stereocenters. The molecule has 3 N–H and O–H groups in total. The molecule has 10 heteroatoms. The van der Waals surface area contributed by atoms with E-state index in [1.807, 2.05) is 11.6 Å². The SMILES string of the molecule is C[C@H](NC(=O)CCc1nc2cc(S(=O)(=O)N3CCCC3)ccc2n1C)C(N)=O. The van der Waals surface area contributed by atoms with Crippen LogP contribution in [-0.2, 0) is 33.1 Å². The molecule has 1 aliphatic heterocycles. The number of hydrogen-bond donors (Lipinski definition) is 2. The Kier molecular flexibility index (Phi) is 5.71. The van der Waals surface area contributed by atoms with Crippen molar-refractivity contribution in [2.24, 2.45) is 12.8 Å².